The summed E-state index contributed by atoms with van der Waals surface area (Å²) in [5.41, 5.74) is -2.65. The first-order valence-corrected chi connectivity index (χ1v) is 9.21. The maximum Gasteiger partial charge on any atom is 0.336 e. The molecular weight excluding hydrogens is 370 g/mol. The molecule has 0 fully saturated rings. The second-order valence-corrected chi connectivity index (χ2v) is 8.25. The van der Waals surface area contributed by atoms with Crippen molar-refractivity contribution in [2.75, 3.05) is 0 Å². The van der Waals surface area contributed by atoms with Crippen LogP contribution in [0.2, 0.25) is 0 Å². The molecule has 0 aliphatic carbocycles. The highest BCUT2D eigenvalue weighted by Gasteiger charge is 2.19. The number of carbonyl (C=O) groups is 2. The van der Waals surface area contributed by atoms with E-state index in [-0.39, 0.29) is 17.9 Å². The van der Waals surface area contributed by atoms with E-state index in [9.17, 15) is 24.0 Å². The van der Waals surface area contributed by atoms with E-state index in [1.807, 2.05) is 6.92 Å². The molecular formula is C18H29N3O7. The lowest BCUT2D eigenvalue weighted by Crippen LogP contribution is -2.55. The summed E-state index contributed by atoms with van der Waals surface area (Å²) >= 11 is 0. The van der Waals surface area contributed by atoms with Crippen LogP contribution in [0.25, 0.3) is 0 Å². The van der Waals surface area contributed by atoms with Gasteiger partial charge >= 0.3 is 29.0 Å². The number of aliphatic carboxylic acids is 2. The maximum atomic E-state index is 12.6. The Bertz CT molecular complexity index is 830. The zero-order valence-electron chi connectivity index (χ0n) is 16.8. The van der Waals surface area contributed by atoms with E-state index < -0.39 is 54.9 Å². The van der Waals surface area contributed by atoms with Gasteiger partial charge in [0.2, 0.25) is 0 Å². The van der Waals surface area contributed by atoms with Gasteiger partial charge in [-0.2, -0.15) is 0 Å². The number of rotatable bonds is 10. The fraction of sp³-hybridized carbons (Fsp3) is 0.722. The lowest BCUT2D eigenvalue weighted by atomic mass is 9.84. The largest absolute Gasteiger partial charge is 0.481 e. The van der Waals surface area contributed by atoms with Gasteiger partial charge in [0, 0.05) is 19.6 Å². The van der Waals surface area contributed by atoms with Gasteiger partial charge in [0.05, 0.1) is 12.8 Å². The molecule has 158 valence electrons. The first-order chi connectivity index (χ1) is 12.8. The molecule has 1 heterocycles. The zero-order valence-corrected chi connectivity index (χ0v) is 16.8. The van der Waals surface area contributed by atoms with E-state index >= 15 is 0 Å². The molecule has 0 aliphatic heterocycles. The molecule has 0 radical (unpaired) electrons. The molecule has 28 heavy (non-hydrogen) atoms. The van der Waals surface area contributed by atoms with Gasteiger partial charge in [0.1, 0.15) is 0 Å². The van der Waals surface area contributed by atoms with Crippen molar-refractivity contribution in [3.05, 3.63) is 31.5 Å². The number of carboxylic acid groups (broad SMARTS) is 2. The van der Waals surface area contributed by atoms with Crippen LogP contribution in [0.3, 0.4) is 0 Å². The van der Waals surface area contributed by atoms with Crippen LogP contribution in [0, 0.1) is 11.3 Å². The van der Waals surface area contributed by atoms with Crippen LogP contribution in [-0.4, -0.2) is 35.9 Å². The molecule has 0 spiro atoms. The molecule has 1 unspecified atom stereocenters. The summed E-state index contributed by atoms with van der Waals surface area (Å²) in [4.78, 5) is 59.3. The SMILES string of the molecule is CC(CCn1c(=O)n(CCC(=O)O)c(=O)n(CCC(=O)O)c1=O)CC(C)(C)C. The van der Waals surface area contributed by atoms with E-state index in [1.165, 1.54) is 0 Å². The third-order valence-electron chi connectivity index (χ3n) is 4.29. The van der Waals surface area contributed by atoms with Crippen LogP contribution in [0.1, 0.15) is 53.4 Å². The van der Waals surface area contributed by atoms with Gasteiger partial charge in [-0.1, -0.05) is 27.7 Å². The standard InChI is InChI=1S/C18H29N3O7/c1-12(11-18(2,3)4)5-8-19-15(26)20(9-6-13(22)23)17(28)21(16(19)27)10-7-14(24)25/h12H,5-11H2,1-4H3,(H,22,23)(H,24,25). The predicted octanol–water partition coefficient (Wildman–Crippen LogP) is 0.584. The number of hydrogen-bond donors (Lipinski definition) is 2. The Morgan fingerprint density at radius 3 is 1.50 bits per heavy atom. The summed E-state index contributed by atoms with van der Waals surface area (Å²) in [7, 11) is 0. The molecule has 1 atom stereocenters. The Labute approximate surface area is 162 Å². The lowest BCUT2D eigenvalue weighted by molar-refractivity contribution is -0.138. The number of hydrogen-bond acceptors (Lipinski definition) is 5. The Kier molecular flexibility index (Phi) is 7.95. The number of aromatic nitrogens is 3. The van der Waals surface area contributed by atoms with Gasteiger partial charge in [0.25, 0.3) is 0 Å². The van der Waals surface area contributed by atoms with Crippen LogP contribution in [-0.2, 0) is 29.2 Å². The minimum Gasteiger partial charge on any atom is -0.481 e. The number of carboxylic acids is 2. The zero-order chi connectivity index (χ0) is 21.6. The van der Waals surface area contributed by atoms with Gasteiger partial charge in [0.15, 0.2) is 0 Å². The van der Waals surface area contributed by atoms with Gasteiger partial charge in [-0.05, 0) is 24.2 Å². The molecule has 1 aromatic rings. The molecule has 0 aromatic carbocycles. The highest BCUT2D eigenvalue weighted by molar-refractivity contribution is 5.66. The van der Waals surface area contributed by atoms with Crippen molar-refractivity contribution < 1.29 is 19.8 Å². The van der Waals surface area contributed by atoms with Crippen LogP contribution < -0.4 is 17.1 Å². The smallest absolute Gasteiger partial charge is 0.336 e. The fourth-order valence-corrected chi connectivity index (χ4v) is 3.17. The first kappa shape index (κ1) is 23.4. The first-order valence-electron chi connectivity index (χ1n) is 9.21. The van der Waals surface area contributed by atoms with Crippen LogP contribution in [0.4, 0.5) is 0 Å². The molecule has 1 aromatic heterocycles. The predicted molar refractivity (Wildman–Crippen MR) is 102 cm³/mol. The minimum atomic E-state index is -1.19. The van der Waals surface area contributed by atoms with E-state index in [0.29, 0.717) is 15.6 Å². The molecule has 10 nitrogen and oxygen atoms in total. The molecule has 0 aliphatic rings. The second-order valence-electron chi connectivity index (χ2n) is 8.25. The van der Waals surface area contributed by atoms with Gasteiger partial charge in [-0.3, -0.25) is 9.59 Å². The van der Waals surface area contributed by atoms with E-state index in [0.717, 1.165) is 11.0 Å². The monoisotopic (exact) mass is 399 g/mol. The van der Waals surface area contributed by atoms with Crippen molar-refractivity contribution in [2.45, 2.75) is 73.0 Å². The van der Waals surface area contributed by atoms with Gasteiger partial charge < -0.3 is 10.2 Å². The molecule has 0 amide bonds. The average Bonchev–Trinajstić information content (AvgIpc) is 2.52. The topological polar surface area (TPSA) is 141 Å². The van der Waals surface area contributed by atoms with Gasteiger partial charge in [-0.25, -0.2) is 28.1 Å². The molecule has 0 bridgehead atoms. The van der Waals surface area contributed by atoms with E-state index in [4.69, 9.17) is 10.2 Å². The quantitative estimate of drug-likeness (QED) is 0.586. The molecule has 0 saturated carbocycles. The number of nitrogens with zero attached hydrogens (tertiary/aromatic N) is 3. The van der Waals surface area contributed by atoms with Crippen molar-refractivity contribution in [3.8, 4) is 0 Å². The normalized spacial score (nSPS) is 12.7. The summed E-state index contributed by atoms with van der Waals surface area (Å²) in [6, 6.07) is 0. The third kappa shape index (κ3) is 6.82. The minimum absolute atomic E-state index is 0.0648. The Balaban J connectivity index is 3.30. The maximum absolute atomic E-state index is 12.6. The van der Waals surface area contributed by atoms with Crippen molar-refractivity contribution >= 4 is 11.9 Å². The summed E-state index contributed by atoms with van der Waals surface area (Å²) in [5.74, 6) is -2.18. The summed E-state index contributed by atoms with van der Waals surface area (Å²) in [6.45, 7) is 7.53. The van der Waals surface area contributed by atoms with Crippen LogP contribution in [0.15, 0.2) is 14.4 Å². The summed E-state index contributed by atoms with van der Waals surface area (Å²) in [6.07, 6.45) is 0.454. The Morgan fingerprint density at radius 2 is 1.18 bits per heavy atom. The fourth-order valence-electron chi connectivity index (χ4n) is 3.17. The van der Waals surface area contributed by atoms with Crippen molar-refractivity contribution in [1.82, 2.24) is 13.7 Å². The van der Waals surface area contributed by atoms with Crippen LogP contribution in [0.5, 0.6) is 0 Å². The van der Waals surface area contributed by atoms with Crippen molar-refractivity contribution in [3.63, 3.8) is 0 Å². The van der Waals surface area contributed by atoms with Crippen molar-refractivity contribution in [2.24, 2.45) is 11.3 Å². The summed E-state index contributed by atoms with van der Waals surface area (Å²) in [5, 5.41) is 17.7. The van der Waals surface area contributed by atoms with Crippen LogP contribution >= 0.6 is 0 Å². The van der Waals surface area contributed by atoms with E-state index in [1.54, 1.807) is 0 Å². The van der Waals surface area contributed by atoms with Crippen molar-refractivity contribution in [1.29, 1.82) is 0 Å². The lowest BCUT2D eigenvalue weighted by Gasteiger charge is -2.23. The molecule has 1 rings (SSSR count). The second kappa shape index (κ2) is 9.52. The molecule has 2 N–H and O–H groups in total. The average molecular weight is 399 g/mol. The van der Waals surface area contributed by atoms with E-state index in [2.05, 4.69) is 20.8 Å². The third-order valence-corrected chi connectivity index (χ3v) is 4.29. The highest BCUT2D eigenvalue weighted by Crippen LogP contribution is 2.25. The highest BCUT2D eigenvalue weighted by atomic mass is 16.4. The molecule has 10 heteroatoms. The van der Waals surface area contributed by atoms with Gasteiger partial charge in [-0.15, -0.1) is 0 Å². The summed E-state index contributed by atoms with van der Waals surface area (Å²) < 4.78 is 2.27. The Hall–Kier alpha value is -2.65. The Morgan fingerprint density at radius 1 is 0.821 bits per heavy atom. The molecule has 0 saturated heterocycles.